The van der Waals surface area contributed by atoms with E-state index in [-0.39, 0.29) is 17.8 Å². The van der Waals surface area contributed by atoms with Crippen molar-refractivity contribution >= 4 is 5.91 Å². The summed E-state index contributed by atoms with van der Waals surface area (Å²) in [6.45, 7) is 3.39. The van der Waals surface area contributed by atoms with Crippen LogP contribution in [0.5, 0.6) is 5.75 Å². The summed E-state index contributed by atoms with van der Waals surface area (Å²) in [5.41, 5.74) is 2.93. The molecule has 34 heavy (non-hydrogen) atoms. The molecule has 6 heteroatoms. The van der Waals surface area contributed by atoms with Crippen molar-refractivity contribution in [1.82, 2.24) is 14.8 Å². The van der Waals surface area contributed by atoms with E-state index in [1.54, 1.807) is 19.5 Å². The minimum atomic E-state index is -0.220. The van der Waals surface area contributed by atoms with E-state index in [2.05, 4.69) is 20.9 Å². The Balaban J connectivity index is 1.37. The average molecular weight is 460 g/mol. The van der Waals surface area contributed by atoms with Gasteiger partial charge >= 0.3 is 0 Å². The molecule has 5 rings (SSSR count). The van der Waals surface area contributed by atoms with Gasteiger partial charge in [0.25, 0.3) is 5.91 Å². The monoisotopic (exact) mass is 459 g/mol. The highest BCUT2D eigenvalue weighted by molar-refractivity contribution is 5.94. The Hall–Kier alpha value is -3.25. The fourth-order valence-corrected chi connectivity index (χ4v) is 5.66. The first-order valence-corrected chi connectivity index (χ1v) is 11.9. The number of hydrogen-bond donors (Lipinski definition) is 0. The minimum Gasteiger partial charge on any atom is -0.496 e. The Morgan fingerprint density at radius 1 is 1.09 bits per heavy atom. The fourth-order valence-electron chi connectivity index (χ4n) is 5.66. The van der Waals surface area contributed by atoms with Gasteiger partial charge in [0, 0.05) is 50.2 Å². The normalized spacial score (nSPS) is 22.4. The third kappa shape index (κ3) is 4.68. The molecule has 0 unspecified atom stereocenters. The molecule has 1 aromatic heterocycles. The summed E-state index contributed by atoms with van der Waals surface area (Å²) in [4.78, 5) is 22.1. The number of halogens is 1. The molecule has 5 nitrogen and oxygen atoms in total. The van der Waals surface area contributed by atoms with Gasteiger partial charge in [0.15, 0.2) is 0 Å². The summed E-state index contributed by atoms with van der Waals surface area (Å²) >= 11 is 0. The molecule has 0 saturated carbocycles. The standard InChI is InChI=1S/C28H30FN3O2/c1-34-27-7-3-2-5-22(27)17-31-14-12-26-25(19-31)23(15-20-8-10-24(29)11-9-20)18-32(26)28(33)21-6-4-13-30-16-21/h2-11,13,16,23,25-26H,12,14-15,17-19H2,1H3/t23-,25+,26+/m1/s1. The molecule has 3 atom stereocenters. The van der Waals surface area contributed by atoms with Crippen molar-refractivity contribution in [1.29, 1.82) is 0 Å². The lowest BCUT2D eigenvalue weighted by Crippen LogP contribution is -2.47. The molecule has 0 N–H and O–H groups in total. The second-order valence-corrected chi connectivity index (χ2v) is 9.36. The first-order valence-electron chi connectivity index (χ1n) is 11.9. The molecule has 1 amide bonds. The number of amides is 1. The van der Waals surface area contributed by atoms with Crippen LogP contribution in [-0.2, 0) is 13.0 Å². The van der Waals surface area contributed by atoms with Crippen LogP contribution < -0.4 is 4.74 Å². The lowest BCUT2D eigenvalue weighted by atomic mass is 9.82. The zero-order chi connectivity index (χ0) is 23.5. The summed E-state index contributed by atoms with van der Waals surface area (Å²) in [6.07, 6.45) is 5.12. The number of pyridine rings is 1. The van der Waals surface area contributed by atoms with E-state index in [0.29, 0.717) is 23.9 Å². The highest BCUT2D eigenvalue weighted by Gasteiger charge is 2.46. The Labute approximate surface area is 200 Å². The number of methoxy groups -OCH3 is 1. The number of para-hydroxylation sites is 1. The molecule has 0 aliphatic carbocycles. The number of carbonyl (C=O) groups is 1. The number of aromatic nitrogens is 1. The zero-order valence-electron chi connectivity index (χ0n) is 19.4. The number of ether oxygens (including phenoxy) is 1. The van der Waals surface area contributed by atoms with Gasteiger partial charge in [-0.05, 0) is 60.6 Å². The third-order valence-corrected chi connectivity index (χ3v) is 7.31. The molecule has 0 spiro atoms. The van der Waals surface area contributed by atoms with Crippen molar-refractivity contribution in [3.05, 3.63) is 95.6 Å². The third-order valence-electron chi connectivity index (χ3n) is 7.31. The van der Waals surface area contributed by atoms with Gasteiger partial charge in [-0.2, -0.15) is 0 Å². The summed E-state index contributed by atoms with van der Waals surface area (Å²) in [5, 5.41) is 0. The molecule has 176 valence electrons. The maximum Gasteiger partial charge on any atom is 0.255 e. The fraction of sp³-hybridized carbons (Fsp3) is 0.357. The van der Waals surface area contributed by atoms with Gasteiger partial charge in [-0.1, -0.05) is 30.3 Å². The summed E-state index contributed by atoms with van der Waals surface area (Å²) in [7, 11) is 1.71. The molecule has 2 aromatic carbocycles. The van der Waals surface area contributed by atoms with Gasteiger partial charge < -0.3 is 9.64 Å². The summed E-state index contributed by atoms with van der Waals surface area (Å²) in [5.74, 6) is 1.42. The maximum atomic E-state index is 13.5. The van der Waals surface area contributed by atoms with E-state index in [1.165, 1.54) is 17.7 Å². The first-order chi connectivity index (χ1) is 16.6. The van der Waals surface area contributed by atoms with Crippen molar-refractivity contribution in [2.24, 2.45) is 11.8 Å². The van der Waals surface area contributed by atoms with Gasteiger partial charge in [0.2, 0.25) is 0 Å². The molecule has 2 aliphatic rings. The number of benzene rings is 2. The number of likely N-dealkylation sites (tertiary alicyclic amines) is 2. The second-order valence-electron chi connectivity index (χ2n) is 9.36. The number of carbonyl (C=O) groups excluding carboxylic acids is 1. The molecular formula is C28H30FN3O2. The zero-order valence-corrected chi connectivity index (χ0v) is 19.4. The molecule has 2 fully saturated rings. The van der Waals surface area contributed by atoms with Crippen molar-refractivity contribution in [3.8, 4) is 5.75 Å². The highest BCUT2D eigenvalue weighted by atomic mass is 19.1. The number of piperidine rings is 1. The van der Waals surface area contributed by atoms with Gasteiger partial charge in [-0.25, -0.2) is 4.39 Å². The van der Waals surface area contributed by atoms with Gasteiger partial charge in [-0.15, -0.1) is 0 Å². The van der Waals surface area contributed by atoms with E-state index in [0.717, 1.165) is 43.8 Å². The van der Waals surface area contributed by atoms with Crippen LogP contribution in [0.15, 0.2) is 73.1 Å². The first kappa shape index (κ1) is 22.5. The van der Waals surface area contributed by atoms with Crippen LogP contribution in [0.1, 0.15) is 27.9 Å². The van der Waals surface area contributed by atoms with Crippen LogP contribution in [0, 0.1) is 17.7 Å². The predicted molar refractivity (Wildman–Crippen MR) is 129 cm³/mol. The smallest absolute Gasteiger partial charge is 0.255 e. The summed E-state index contributed by atoms with van der Waals surface area (Å²) < 4.78 is 19.0. The number of rotatable bonds is 6. The van der Waals surface area contributed by atoms with E-state index >= 15 is 0 Å². The molecule has 2 aliphatic heterocycles. The maximum absolute atomic E-state index is 13.5. The van der Waals surface area contributed by atoms with Crippen molar-refractivity contribution in [3.63, 3.8) is 0 Å². The largest absolute Gasteiger partial charge is 0.496 e. The van der Waals surface area contributed by atoms with E-state index < -0.39 is 0 Å². The SMILES string of the molecule is COc1ccccc1CN1CC[C@H]2[C@@H](C1)[C@H](Cc1ccc(F)cc1)CN2C(=O)c1cccnc1. The topological polar surface area (TPSA) is 45.7 Å². The molecule has 2 saturated heterocycles. The van der Waals surface area contributed by atoms with Gasteiger partial charge in [0.1, 0.15) is 11.6 Å². The predicted octanol–water partition coefficient (Wildman–Crippen LogP) is 4.43. The van der Waals surface area contributed by atoms with Gasteiger partial charge in [-0.3, -0.25) is 14.7 Å². The Bertz CT molecular complexity index is 1120. The van der Waals surface area contributed by atoms with Crippen LogP contribution in [0.4, 0.5) is 4.39 Å². The Kier molecular flexibility index (Phi) is 6.59. The molecule has 0 bridgehead atoms. The van der Waals surface area contributed by atoms with Crippen molar-refractivity contribution < 1.29 is 13.9 Å². The number of hydrogen-bond acceptors (Lipinski definition) is 4. The average Bonchev–Trinajstić information content (AvgIpc) is 3.23. The van der Waals surface area contributed by atoms with Crippen molar-refractivity contribution in [2.75, 3.05) is 26.7 Å². The molecular weight excluding hydrogens is 429 g/mol. The van der Waals surface area contributed by atoms with Crippen LogP contribution >= 0.6 is 0 Å². The van der Waals surface area contributed by atoms with Crippen molar-refractivity contribution in [2.45, 2.75) is 25.4 Å². The Morgan fingerprint density at radius 3 is 2.68 bits per heavy atom. The van der Waals surface area contributed by atoms with Crippen LogP contribution in [0.25, 0.3) is 0 Å². The lowest BCUT2D eigenvalue weighted by Gasteiger charge is -2.39. The quantitative estimate of drug-likeness (QED) is 0.547. The number of nitrogens with zero attached hydrogens (tertiary/aromatic N) is 3. The number of fused-ring (bicyclic) bond motifs is 1. The Morgan fingerprint density at radius 2 is 1.91 bits per heavy atom. The molecule has 3 heterocycles. The van der Waals surface area contributed by atoms with Crippen LogP contribution in [-0.4, -0.2) is 53.5 Å². The van der Waals surface area contributed by atoms with E-state index in [9.17, 15) is 9.18 Å². The van der Waals surface area contributed by atoms with Gasteiger partial charge in [0.05, 0.1) is 12.7 Å². The lowest BCUT2D eigenvalue weighted by molar-refractivity contribution is 0.0608. The van der Waals surface area contributed by atoms with Crippen LogP contribution in [0.2, 0.25) is 0 Å². The molecule has 0 radical (unpaired) electrons. The second kappa shape index (κ2) is 9.94. The van der Waals surface area contributed by atoms with E-state index in [1.807, 2.05) is 42.5 Å². The summed E-state index contributed by atoms with van der Waals surface area (Å²) in [6, 6.07) is 18.8. The highest BCUT2D eigenvalue weighted by Crippen LogP contribution is 2.39. The molecule has 3 aromatic rings. The van der Waals surface area contributed by atoms with Crippen LogP contribution in [0.3, 0.4) is 0 Å². The minimum absolute atomic E-state index is 0.0582. The van der Waals surface area contributed by atoms with E-state index in [4.69, 9.17) is 4.74 Å².